The van der Waals surface area contributed by atoms with Crippen LogP contribution in [-0.4, -0.2) is 15.1 Å². The first-order chi connectivity index (χ1) is 22.6. The van der Waals surface area contributed by atoms with E-state index in [2.05, 4.69) is 173 Å². The number of benzene rings is 4. The second-order valence-electron chi connectivity index (χ2n) is 17.8. The zero-order chi connectivity index (χ0) is 36.4. The Hall–Kier alpha value is -3.04. The molecule has 260 valence electrons. The van der Waals surface area contributed by atoms with Crippen molar-refractivity contribution in [2.45, 2.75) is 131 Å². The Bertz CT molecular complexity index is 1690. The summed E-state index contributed by atoms with van der Waals surface area (Å²) in [5.41, 5.74) is 8.51. The quantitative estimate of drug-likeness (QED) is 0.189. The van der Waals surface area contributed by atoms with Gasteiger partial charge in [-0.25, -0.2) is 0 Å². The molecule has 0 atom stereocenters. The number of aromatic hydroxyl groups is 2. The maximum absolute atomic E-state index is 11.8. The Balaban J connectivity index is 2.00. The Kier molecular flexibility index (Phi) is 11.9. The molecule has 0 heterocycles. The van der Waals surface area contributed by atoms with Gasteiger partial charge in [-0.3, -0.25) is 0 Å². The predicted octanol–water partition coefficient (Wildman–Crippen LogP) is 10.9. The van der Waals surface area contributed by atoms with E-state index in [1.165, 1.54) is 22.3 Å². The molecule has 0 bridgehead atoms. The van der Waals surface area contributed by atoms with Crippen molar-refractivity contribution in [3.8, 4) is 11.5 Å². The van der Waals surface area contributed by atoms with Crippen molar-refractivity contribution in [3.63, 3.8) is 0 Å². The second kappa shape index (κ2) is 15.1. The average Bonchev–Trinajstić information content (AvgIpc) is 2.97. The molecule has 0 aliphatic rings. The van der Waals surface area contributed by atoms with Gasteiger partial charge in [0.25, 0.3) is 0 Å². The van der Waals surface area contributed by atoms with Gasteiger partial charge >= 0.3 is 310 Å². The van der Waals surface area contributed by atoms with E-state index in [0.29, 0.717) is 24.6 Å². The molecule has 0 aromatic heterocycles. The minimum atomic E-state index is -1.50. The van der Waals surface area contributed by atoms with Crippen molar-refractivity contribution in [1.82, 2.24) is 0 Å². The number of rotatable bonds is 8. The molecular formula is C44H60N2O2Zr+2. The van der Waals surface area contributed by atoms with Crippen molar-refractivity contribution >= 4 is 0 Å². The Morgan fingerprint density at radius 3 is 1.06 bits per heavy atom. The third-order valence-electron chi connectivity index (χ3n) is 9.16. The molecule has 4 aromatic carbocycles. The Morgan fingerprint density at radius 2 is 0.776 bits per heavy atom. The zero-order valence-corrected chi connectivity index (χ0v) is 34.7. The summed E-state index contributed by atoms with van der Waals surface area (Å²) in [4.78, 5) is 0. The fourth-order valence-electron chi connectivity index (χ4n) is 6.11. The van der Waals surface area contributed by atoms with Gasteiger partial charge in [-0.15, -0.1) is 0 Å². The van der Waals surface area contributed by atoms with Gasteiger partial charge in [0.2, 0.25) is 0 Å². The monoisotopic (exact) mass is 738 g/mol. The van der Waals surface area contributed by atoms with Crippen LogP contribution in [0.25, 0.3) is 0 Å². The molecule has 5 heteroatoms. The maximum atomic E-state index is 11.8. The fourth-order valence-corrected chi connectivity index (χ4v) is 9.53. The third kappa shape index (κ3) is 10.5. The molecule has 0 aliphatic carbocycles. The summed E-state index contributed by atoms with van der Waals surface area (Å²) < 4.78 is 5.20. The van der Waals surface area contributed by atoms with E-state index in [1.807, 2.05) is 0 Å². The molecule has 0 fully saturated rings. The molecule has 4 aromatic rings. The van der Waals surface area contributed by atoms with Crippen LogP contribution in [0.4, 0.5) is 0 Å². The summed E-state index contributed by atoms with van der Waals surface area (Å²) >= 11 is -1.50. The number of hydrogen-bond donors (Lipinski definition) is 2. The molecule has 4 rings (SSSR count). The molecule has 0 radical (unpaired) electrons. The first kappa shape index (κ1) is 38.8. The SMILES string of the molecule is CC(C)(C)c1cc(C[N+](Cc2ccccc2)=[Zr]=[N+](Cc2ccccc2)Cc2cc(C(C)(C)C)cc(C(C)(C)C)c2O)c(O)c(C(C)(C)C)c1. The predicted molar refractivity (Wildman–Crippen MR) is 199 cm³/mol. The number of nitrogens with zero attached hydrogens (tertiary/aromatic N) is 2. The summed E-state index contributed by atoms with van der Waals surface area (Å²) in [7, 11) is 0. The van der Waals surface area contributed by atoms with Crippen LogP contribution in [0.2, 0.25) is 0 Å². The van der Waals surface area contributed by atoms with Crippen molar-refractivity contribution in [3.05, 3.63) is 129 Å². The summed E-state index contributed by atoms with van der Waals surface area (Å²) in [6.07, 6.45) is 0. The van der Waals surface area contributed by atoms with Crippen LogP contribution in [0.5, 0.6) is 11.5 Å². The van der Waals surface area contributed by atoms with E-state index < -0.39 is 22.9 Å². The first-order valence-electron chi connectivity index (χ1n) is 17.7. The third-order valence-corrected chi connectivity index (χ3v) is 12.1. The molecular weight excluding hydrogens is 680 g/mol. The van der Waals surface area contributed by atoms with Crippen molar-refractivity contribution in [2.75, 3.05) is 0 Å². The summed E-state index contributed by atoms with van der Waals surface area (Å²) in [5, 5.41) is 23.7. The molecule has 49 heavy (non-hydrogen) atoms. The van der Waals surface area contributed by atoms with E-state index in [9.17, 15) is 10.2 Å². The number of hydrogen-bond acceptors (Lipinski definition) is 2. The van der Waals surface area contributed by atoms with Gasteiger partial charge in [0.1, 0.15) is 0 Å². The summed E-state index contributed by atoms with van der Waals surface area (Å²) in [6.45, 7) is 29.5. The summed E-state index contributed by atoms with van der Waals surface area (Å²) in [5.74, 6) is 0.829. The van der Waals surface area contributed by atoms with E-state index in [1.54, 1.807) is 0 Å². The standard InChI is InChI=1S/2C22H30NO.Zr/c2*1-21(2,3)18-12-17(20(24)19(13-18)22(4,5)6)15-23-14-16-10-8-7-9-11-16;/h2*7-13,24H,14-15H2,1-6H3;/q2*-1;+4. The molecule has 2 N–H and O–H groups in total. The van der Waals surface area contributed by atoms with Gasteiger partial charge in [0.05, 0.1) is 0 Å². The van der Waals surface area contributed by atoms with Crippen molar-refractivity contribution in [1.29, 1.82) is 0 Å². The summed E-state index contributed by atoms with van der Waals surface area (Å²) in [6, 6.07) is 30.3. The van der Waals surface area contributed by atoms with Crippen molar-refractivity contribution < 1.29 is 38.0 Å². The normalized spacial score (nSPS) is 12.5. The molecule has 0 saturated carbocycles. The van der Waals surface area contributed by atoms with Gasteiger partial charge in [-0.05, 0) is 0 Å². The van der Waals surface area contributed by atoms with E-state index in [-0.39, 0.29) is 21.7 Å². The van der Waals surface area contributed by atoms with Gasteiger partial charge < -0.3 is 0 Å². The van der Waals surface area contributed by atoms with Gasteiger partial charge in [-0.1, -0.05) is 0 Å². The average molecular weight is 740 g/mol. The topological polar surface area (TPSA) is 46.5 Å². The molecule has 0 unspecified atom stereocenters. The van der Waals surface area contributed by atoms with Crippen LogP contribution in [0.15, 0.2) is 84.9 Å². The molecule has 0 amide bonds. The fraction of sp³-hybridized carbons (Fsp3) is 0.455. The van der Waals surface area contributed by atoms with Gasteiger partial charge in [0.15, 0.2) is 0 Å². The molecule has 4 nitrogen and oxygen atoms in total. The Labute approximate surface area is 308 Å². The number of phenolic OH excluding ortho intramolecular Hbond substituents is 2. The van der Waals surface area contributed by atoms with Crippen LogP contribution in [-0.2, 0) is 70.7 Å². The zero-order valence-electron chi connectivity index (χ0n) is 32.2. The Morgan fingerprint density at radius 1 is 0.449 bits per heavy atom. The van der Waals surface area contributed by atoms with Crippen LogP contribution in [0.1, 0.15) is 128 Å². The van der Waals surface area contributed by atoms with E-state index in [4.69, 9.17) is 0 Å². The van der Waals surface area contributed by atoms with Crippen LogP contribution in [0, 0.1) is 0 Å². The van der Waals surface area contributed by atoms with Gasteiger partial charge in [0, 0.05) is 0 Å². The van der Waals surface area contributed by atoms with Crippen LogP contribution < -0.4 is 0 Å². The van der Waals surface area contributed by atoms with Crippen LogP contribution in [0.3, 0.4) is 0 Å². The van der Waals surface area contributed by atoms with E-state index in [0.717, 1.165) is 35.3 Å². The van der Waals surface area contributed by atoms with Crippen molar-refractivity contribution in [2.24, 2.45) is 0 Å². The van der Waals surface area contributed by atoms with Crippen LogP contribution >= 0.6 is 0 Å². The molecule has 0 spiro atoms. The molecule has 0 saturated heterocycles. The second-order valence-corrected chi connectivity index (χ2v) is 21.4. The number of phenols is 2. The minimum absolute atomic E-state index is 0.0492. The first-order valence-corrected chi connectivity index (χ1v) is 19.9. The molecule has 0 aliphatic heterocycles. The van der Waals surface area contributed by atoms with E-state index >= 15 is 0 Å². The van der Waals surface area contributed by atoms with Gasteiger partial charge in [-0.2, -0.15) is 0 Å².